The summed E-state index contributed by atoms with van der Waals surface area (Å²) in [6.45, 7) is 8.94. The molecule has 2 atom stereocenters. The van der Waals surface area contributed by atoms with Gasteiger partial charge in [-0.15, -0.1) is 0 Å². The molecule has 0 bridgehead atoms. The van der Waals surface area contributed by atoms with Gasteiger partial charge in [0.1, 0.15) is 0 Å². The molecule has 0 fully saturated rings. The third-order valence-electron chi connectivity index (χ3n) is 10.6. The molecule has 2 aromatic heterocycles. The van der Waals surface area contributed by atoms with Crippen LogP contribution in [0.25, 0.3) is 45.6 Å². The first-order valence-electron chi connectivity index (χ1n) is 17.4. The van der Waals surface area contributed by atoms with E-state index in [1.807, 2.05) is 22.7 Å². The maximum atomic E-state index is 7.35. The summed E-state index contributed by atoms with van der Waals surface area (Å²) in [5.41, 5.74) is 16.5. The molecule has 2 aliphatic rings. The van der Waals surface area contributed by atoms with Crippen LogP contribution in [0.2, 0.25) is 12.1 Å². The molecule has 6 aromatic rings. The average molecular weight is 822 g/mol. The van der Waals surface area contributed by atoms with E-state index in [0.717, 1.165) is 12.1 Å². The van der Waals surface area contributed by atoms with Gasteiger partial charge in [0.05, 0.1) is 0 Å². The Labute approximate surface area is 320 Å². The SMILES string of the molecule is Cc1ccc(C2=Cc3c(ccc(C)c3-c3ccccc3)C2C[SiH](CC2C(c3ccc(C)s3)=Cc3c2ccc(C)c3-c2ccccc2)[Zr]([Cl])[Cl])s1. The van der Waals surface area contributed by atoms with Crippen LogP contribution in [0.3, 0.4) is 0 Å². The molecule has 0 aliphatic heterocycles. The van der Waals surface area contributed by atoms with Crippen molar-refractivity contribution >= 4 is 68.9 Å². The van der Waals surface area contributed by atoms with Crippen molar-refractivity contribution in [3.05, 3.63) is 162 Å². The molecule has 249 valence electrons. The topological polar surface area (TPSA) is 0 Å². The molecule has 50 heavy (non-hydrogen) atoms. The number of aryl methyl sites for hydroxylation is 4. The Morgan fingerprint density at radius 1 is 0.540 bits per heavy atom. The Bertz CT molecular complexity index is 2110. The molecular weight excluding hydrogens is 783 g/mol. The zero-order valence-electron chi connectivity index (χ0n) is 28.8. The predicted molar refractivity (Wildman–Crippen MR) is 221 cm³/mol. The molecular formula is C44H39Cl2S2SiZr. The maximum absolute atomic E-state index is 7.35. The van der Waals surface area contributed by atoms with Crippen molar-refractivity contribution in [3.63, 3.8) is 0 Å². The summed E-state index contributed by atoms with van der Waals surface area (Å²) < 4.78 is 0. The Hall–Kier alpha value is -2.56. The fourth-order valence-electron chi connectivity index (χ4n) is 8.25. The number of allylic oxidation sites excluding steroid dienone is 2. The van der Waals surface area contributed by atoms with Gasteiger partial charge >= 0.3 is 323 Å². The average Bonchev–Trinajstić information content (AvgIpc) is 3.90. The van der Waals surface area contributed by atoms with Crippen LogP contribution in [0.4, 0.5) is 0 Å². The zero-order chi connectivity index (χ0) is 34.5. The summed E-state index contributed by atoms with van der Waals surface area (Å²) in [6, 6.07) is 42.7. The number of benzene rings is 4. The van der Waals surface area contributed by atoms with Gasteiger partial charge in [-0.25, -0.2) is 0 Å². The number of thiophene rings is 2. The van der Waals surface area contributed by atoms with E-state index in [-0.39, 0.29) is 0 Å². The second kappa shape index (κ2) is 14.5. The van der Waals surface area contributed by atoms with Crippen LogP contribution in [0, 0.1) is 27.7 Å². The quantitative estimate of drug-likeness (QED) is 0.127. The van der Waals surface area contributed by atoms with E-state index in [2.05, 4.69) is 149 Å². The Morgan fingerprint density at radius 3 is 1.32 bits per heavy atom. The van der Waals surface area contributed by atoms with Crippen molar-refractivity contribution in [1.82, 2.24) is 0 Å². The molecule has 2 heterocycles. The van der Waals surface area contributed by atoms with E-state index in [0.29, 0.717) is 11.8 Å². The van der Waals surface area contributed by atoms with E-state index in [4.69, 9.17) is 17.0 Å². The number of hydrogen-bond acceptors (Lipinski definition) is 2. The molecule has 0 N–H and O–H groups in total. The van der Waals surface area contributed by atoms with Gasteiger partial charge < -0.3 is 0 Å². The molecule has 2 unspecified atom stereocenters. The van der Waals surface area contributed by atoms with Crippen molar-refractivity contribution in [2.24, 2.45) is 0 Å². The molecule has 0 nitrogen and oxygen atoms in total. The first kappa shape index (κ1) is 34.5. The summed E-state index contributed by atoms with van der Waals surface area (Å²) in [5.74, 6) is -0.968. The van der Waals surface area contributed by atoms with E-state index in [1.165, 1.54) is 86.3 Å². The second-order valence-electron chi connectivity index (χ2n) is 13.8. The van der Waals surface area contributed by atoms with E-state index in [1.54, 1.807) is 0 Å². The molecule has 8 rings (SSSR count). The minimum absolute atomic E-state index is 0.311. The van der Waals surface area contributed by atoms with Gasteiger partial charge in [-0.2, -0.15) is 0 Å². The minimum atomic E-state index is -2.66. The van der Waals surface area contributed by atoms with Crippen molar-refractivity contribution in [2.45, 2.75) is 51.6 Å². The number of rotatable bonds is 9. The molecule has 0 saturated heterocycles. The van der Waals surface area contributed by atoms with Crippen molar-refractivity contribution in [2.75, 3.05) is 0 Å². The van der Waals surface area contributed by atoms with E-state index in [9.17, 15) is 0 Å². The molecule has 0 spiro atoms. The first-order valence-corrected chi connectivity index (χ1v) is 31.8. The third-order valence-corrected chi connectivity index (χ3v) is 34.4. The second-order valence-corrected chi connectivity index (χ2v) is 39.9. The van der Waals surface area contributed by atoms with E-state index >= 15 is 0 Å². The van der Waals surface area contributed by atoms with Gasteiger partial charge in [-0.05, 0) is 0 Å². The van der Waals surface area contributed by atoms with Gasteiger partial charge in [-0.3, -0.25) is 0 Å². The fourth-order valence-corrected chi connectivity index (χ4v) is 25.3. The molecule has 2 aliphatic carbocycles. The van der Waals surface area contributed by atoms with Crippen LogP contribution in [0.1, 0.15) is 64.7 Å². The molecule has 0 amide bonds. The van der Waals surface area contributed by atoms with Gasteiger partial charge in [0.2, 0.25) is 0 Å². The van der Waals surface area contributed by atoms with E-state index < -0.39 is 24.4 Å². The third kappa shape index (κ3) is 6.51. The number of fused-ring (bicyclic) bond motifs is 2. The Balaban J connectivity index is 1.22. The van der Waals surface area contributed by atoms with Crippen molar-refractivity contribution in [1.29, 1.82) is 0 Å². The van der Waals surface area contributed by atoms with Gasteiger partial charge in [0.25, 0.3) is 0 Å². The van der Waals surface area contributed by atoms with Crippen molar-refractivity contribution in [3.8, 4) is 22.3 Å². The van der Waals surface area contributed by atoms with Crippen molar-refractivity contribution < 1.29 is 18.5 Å². The van der Waals surface area contributed by atoms with Crippen LogP contribution in [0.15, 0.2) is 109 Å². The van der Waals surface area contributed by atoms with Gasteiger partial charge in [-0.1, -0.05) is 0 Å². The van der Waals surface area contributed by atoms with Crippen LogP contribution in [-0.2, 0) is 18.5 Å². The van der Waals surface area contributed by atoms with Gasteiger partial charge in [0.15, 0.2) is 0 Å². The standard InChI is InChI=1S/C44H39S2Si.2ClH.Zr/c1-27-15-19-33-37(43(27)31-11-7-5-8-12-31)23-35(41-21-17-29(3)45-41)39(33)25-47-26-40-34-20-16-28(2)44(32-13-9-6-10-14-32)38(34)24-36(40)42-22-18-30(4)46-42;;;/h5-24,39-40,47H,25-26H2,1-4H3;2*1H;/q;;;+2/p-2. The summed E-state index contributed by atoms with van der Waals surface area (Å²) in [6.07, 6.45) is 5.02. The molecule has 4 aromatic carbocycles. The van der Waals surface area contributed by atoms with Crippen LogP contribution in [-0.4, -0.2) is 5.92 Å². The normalized spacial score (nSPS) is 16.9. The predicted octanol–water partition coefficient (Wildman–Crippen LogP) is 14.0. The summed E-state index contributed by atoms with van der Waals surface area (Å²) in [7, 11) is 14.7. The van der Waals surface area contributed by atoms with Crippen LogP contribution < -0.4 is 0 Å². The Kier molecular flexibility index (Phi) is 9.98. The fraction of sp³-hybridized carbons (Fsp3) is 0.182. The zero-order valence-corrected chi connectivity index (χ0v) is 35.5. The van der Waals surface area contributed by atoms with Gasteiger partial charge in [0, 0.05) is 0 Å². The molecule has 0 saturated carbocycles. The Morgan fingerprint density at radius 2 is 0.960 bits per heavy atom. The summed E-state index contributed by atoms with van der Waals surface area (Å²) in [4.78, 5) is 5.46. The molecule has 0 radical (unpaired) electrons. The number of hydrogen-bond donors (Lipinski definition) is 0. The monoisotopic (exact) mass is 819 g/mol. The summed E-state index contributed by atoms with van der Waals surface area (Å²) in [5, 5.41) is 0. The summed E-state index contributed by atoms with van der Waals surface area (Å²) >= 11 is 1.17. The first-order chi connectivity index (χ1) is 24.3. The number of halogens is 2. The van der Waals surface area contributed by atoms with Crippen LogP contribution >= 0.6 is 39.7 Å². The molecule has 6 heteroatoms. The van der Waals surface area contributed by atoms with Crippen LogP contribution in [0.5, 0.6) is 0 Å².